The molecule has 1 saturated heterocycles. The number of nitrogens with zero attached hydrogens (tertiary/aromatic N) is 1. The van der Waals surface area contributed by atoms with Crippen molar-refractivity contribution < 1.29 is 53.8 Å². The number of aliphatic carboxylic acids is 1. The first-order valence-corrected chi connectivity index (χ1v) is 14.2. The molecule has 14 heteroatoms. The molecule has 0 aromatic heterocycles. The van der Waals surface area contributed by atoms with Crippen molar-refractivity contribution in [3.63, 3.8) is 0 Å². The van der Waals surface area contributed by atoms with E-state index in [1.165, 1.54) is 29.2 Å². The zero-order valence-corrected chi connectivity index (χ0v) is 22.2. The Balaban J connectivity index is 1.73. The zero-order chi connectivity index (χ0) is 30.4. The summed E-state index contributed by atoms with van der Waals surface area (Å²) in [7, 11) is -4.39. The summed E-state index contributed by atoms with van der Waals surface area (Å²) in [5, 5.41) is 9.22. The summed E-state index contributed by atoms with van der Waals surface area (Å²) >= 11 is 0. The topological polar surface area (TPSA) is 91.8 Å². The van der Waals surface area contributed by atoms with Gasteiger partial charge in [0, 0.05) is 24.6 Å². The van der Waals surface area contributed by atoms with Crippen LogP contribution in [0, 0.1) is 11.8 Å². The Morgan fingerprint density at radius 2 is 1.32 bits per heavy atom. The molecule has 0 bridgehead atoms. The van der Waals surface area contributed by atoms with Gasteiger partial charge in [-0.3, -0.25) is 9.59 Å². The molecule has 2 aliphatic rings. The van der Waals surface area contributed by atoms with E-state index in [1.807, 2.05) is 0 Å². The van der Waals surface area contributed by atoms with Gasteiger partial charge < -0.3 is 10.0 Å². The molecular formula is C27H26F7NO5S. The third-order valence-corrected chi connectivity index (χ3v) is 10.6. The maximum atomic E-state index is 14.6. The second-order valence-electron chi connectivity index (χ2n) is 10.4. The number of sulfone groups is 1. The lowest BCUT2D eigenvalue weighted by Gasteiger charge is -2.33. The lowest BCUT2D eigenvalue weighted by molar-refractivity contribution is -0.348. The van der Waals surface area contributed by atoms with Gasteiger partial charge in [-0.1, -0.05) is 42.5 Å². The number of alkyl halides is 7. The number of carbonyl (C=O) groups is 2. The van der Waals surface area contributed by atoms with Crippen LogP contribution in [0.15, 0.2) is 59.5 Å². The van der Waals surface area contributed by atoms with E-state index in [1.54, 1.807) is 6.07 Å². The Labute approximate surface area is 231 Å². The van der Waals surface area contributed by atoms with Crippen LogP contribution in [0.4, 0.5) is 30.7 Å². The van der Waals surface area contributed by atoms with Crippen molar-refractivity contribution in [3.8, 4) is 0 Å². The SMILES string of the molecule is O=C(O)C1CCC(C(=O)N2CC[C@](c3ccc(C(F)(C(F)(F)F)C(F)(F)F)cc3)(S(=O)(=O)c3ccccc3)C2)CC1. The van der Waals surface area contributed by atoms with Crippen LogP contribution >= 0.6 is 0 Å². The molecule has 1 atom stereocenters. The van der Waals surface area contributed by atoms with Crippen LogP contribution in [0.1, 0.15) is 43.2 Å². The quantitative estimate of drug-likeness (QED) is 0.420. The normalized spacial score (nSPS) is 24.3. The van der Waals surface area contributed by atoms with E-state index in [-0.39, 0.29) is 61.2 Å². The van der Waals surface area contributed by atoms with E-state index in [2.05, 4.69) is 0 Å². The molecule has 0 radical (unpaired) electrons. The van der Waals surface area contributed by atoms with E-state index in [0.29, 0.717) is 0 Å². The highest BCUT2D eigenvalue weighted by Gasteiger charge is 2.73. The van der Waals surface area contributed by atoms with Gasteiger partial charge in [0.25, 0.3) is 0 Å². The fourth-order valence-electron chi connectivity index (χ4n) is 5.74. The first kappa shape index (κ1) is 30.8. The van der Waals surface area contributed by atoms with Crippen LogP contribution in [0.25, 0.3) is 0 Å². The van der Waals surface area contributed by atoms with Crippen molar-refractivity contribution in [3.05, 3.63) is 65.7 Å². The predicted octanol–water partition coefficient (Wildman–Crippen LogP) is 5.77. The molecule has 224 valence electrons. The van der Waals surface area contributed by atoms with Crippen LogP contribution in [-0.4, -0.2) is 55.7 Å². The Bertz CT molecular complexity index is 1370. The van der Waals surface area contributed by atoms with Gasteiger partial charge in [0.15, 0.2) is 9.84 Å². The lowest BCUT2D eigenvalue weighted by Crippen LogP contribution is -2.50. The summed E-state index contributed by atoms with van der Waals surface area (Å²) in [4.78, 5) is 25.7. The largest absolute Gasteiger partial charge is 0.481 e. The molecule has 0 spiro atoms. The smallest absolute Gasteiger partial charge is 0.435 e. The summed E-state index contributed by atoms with van der Waals surface area (Å²) in [6, 6.07) is 8.99. The fraction of sp³-hybridized carbons (Fsp3) is 0.481. The van der Waals surface area contributed by atoms with Gasteiger partial charge in [-0.25, -0.2) is 12.8 Å². The van der Waals surface area contributed by atoms with E-state index < -0.39 is 68.4 Å². The van der Waals surface area contributed by atoms with Crippen molar-refractivity contribution in [2.75, 3.05) is 13.1 Å². The molecule has 2 aromatic rings. The molecule has 1 amide bonds. The zero-order valence-electron chi connectivity index (χ0n) is 21.4. The highest BCUT2D eigenvalue weighted by molar-refractivity contribution is 7.92. The Hall–Kier alpha value is -3.16. The average Bonchev–Trinajstić information content (AvgIpc) is 3.39. The second-order valence-corrected chi connectivity index (χ2v) is 12.7. The van der Waals surface area contributed by atoms with Gasteiger partial charge in [0.05, 0.1) is 10.8 Å². The number of hydrogen-bond donors (Lipinski definition) is 1. The van der Waals surface area contributed by atoms with Gasteiger partial charge >= 0.3 is 24.0 Å². The Morgan fingerprint density at radius 3 is 1.80 bits per heavy atom. The number of hydrogen-bond acceptors (Lipinski definition) is 4. The summed E-state index contributed by atoms with van der Waals surface area (Å²) < 4.78 is 120. The molecule has 2 fully saturated rings. The monoisotopic (exact) mass is 609 g/mol. The average molecular weight is 610 g/mol. The van der Waals surface area contributed by atoms with Crippen LogP contribution in [0.3, 0.4) is 0 Å². The number of rotatable bonds is 6. The minimum atomic E-state index is -6.34. The van der Waals surface area contributed by atoms with Gasteiger partial charge in [0.1, 0.15) is 4.75 Å². The molecule has 0 unspecified atom stereocenters. The molecule has 6 nitrogen and oxygen atoms in total. The number of carboxylic acid groups (broad SMARTS) is 1. The van der Waals surface area contributed by atoms with Crippen LogP contribution in [-0.2, 0) is 29.8 Å². The third-order valence-electron chi connectivity index (χ3n) is 8.13. The van der Waals surface area contributed by atoms with E-state index >= 15 is 0 Å². The molecule has 1 aliphatic heterocycles. The van der Waals surface area contributed by atoms with Gasteiger partial charge in [-0.15, -0.1) is 0 Å². The standard InChI is InChI=1S/C27H26F7NO5S/c28-25(26(29,30)31,27(32,33)34)20-12-10-19(11-13-20)24(41(39,40)21-4-2-1-3-5-21)14-15-35(16-24)22(36)17-6-8-18(9-7-17)23(37)38/h1-5,10-13,17-18H,6-9,14-16H2,(H,37,38)/t17?,18?,24-/m0/s1. The van der Waals surface area contributed by atoms with E-state index in [4.69, 9.17) is 0 Å². The molecular weight excluding hydrogens is 583 g/mol. The number of amides is 1. The molecule has 1 saturated carbocycles. The summed E-state index contributed by atoms with van der Waals surface area (Å²) in [6.07, 6.45) is -11.8. The maximum Gasteiger partial charge on any atom is 0.435 e. The number of carboxylic acids is 1. The highest BCUT2D eigenvalue weighted by Crippen LogP contribution is 2.54. The molecule has 1 N–H and O–H groups in total. The Kier molecular flexibility index (Phi) is 7.95. The van der Waals surface area contributed by atoms with E-state index in [0.717, 1.165) is 12.1 Å². The van der Waals surface area contributed by atoms with Crippen LogP contribution < -0.4 is 0 Å². The van der Waals surface area contributed by atoms with Crippen molar-refractivity contribution >= 4 is 21.7 Å². The summed E-state index contributed by atoms with van der Waals surface area (Å²) in [6.45, 7) is -0.524. The molecule has 41 heavy (non-hydrogen) atoms. The van der Waals surface area contributed by atoms with Gasteiger partial charge in [-0.05, 0) is 49.8 Å². The molecule has 1 heterocycles. The summed E-state index contributed by atoms with van der Waals surface area (Å²) in [5.41, 5.74) is -7.63. The number of halogens is 7. The van der Waals surface area contributed by atoms with Crippen molar-refractivity contribution in [2.24, 2.45) is 11.8 Å². The number of carbonyl (C=O) groups excluding carboxylic acids is 1. The third kappa shape index (κ3) is 5.19. The Morgan fingerprint density at radius 1 is 0.805 bits per heavy atom. The minimum Gasteiger partial charge on any atom is -0.481 e. The van der Waals surface area contributed by atoms with Crippen LogP contribution in [0.2, 0.25) is 0 Å². The van der Waals surface area contributed by atoms with Crippen molar-refractivity contribution in [2.45, 2.75) is 59.8 Å². The van der Waals surface area contributed by atoms with Crippen molar-refractivity contribution in [1.29, 1.82) is 0 Å². The minimum absolute atomic E-state index is 0.0797. The van der Waals surface area contributed by atoms with Crippen molar-refractivity contribution in [1.82, 2.24) is 4.90 Å². The first-order chi connectivity index (χ1) is 19.0. The number of benzene rings is 2. The fourth-order valence-corrected chi connectivity index (χ4v) is 7.84. The molecule has 4 rings (SSSR count). The maximum absolute atomic E-state index is 14.6. The second kappa shape index (κ2) is 10.6. The highest BCUT2D eigenvalue weighted by atomic mass is 32.2. The summed E-state index contributed by atoms with van der Waals surface area (Å²) in [5.74, 6) is -2.53. The number of likely N-dealkylation sites (tertiary alicyclic amines) is 1. The van der Waals surface area contributed by atoms with Gasteiger partial charge in [0.2, 0.25) is 5.91 Å². The van der Waals surface area contributed by atoms with Crippen LogP contribution in [0.5, 0.6) is 0 Å². The lowest BCUT2D eigenvalue weighted by atomic mass is 9.81. The van der Waals surface area contributed by atoms with Gasteiger partial charge in [-0.2, -0.15) is 26.3 Å². The molecule has 1 aliphatic carbocycles. The van der Waals surface area contributed by atoms with E-state index in [9.17, 15) is 53.8 Å². The first-order valence-electron chi connectivity index (χ1n) is 12.7. The molecule has 2 aromatic carbocycles. The predicted molar refractivity (Wildman–Crippen MR) is 131 cm³/mol.